The molecule has 4 nitrogen and oxygen atoms in total. The zero-order chi connectivity index (χ0) is 14.7. The molecule has 1 aliphatic rings. The molecule has 1 aromatic carbocycles. The first kappa shape index (κ1) is 13.9. The van der Waals surface area contributed by atoms with E-state index in [1.165, 1.54) is 0 Å². The van der Waals surface area contributed by atoms with E-state index in [4.69, 9.17) is 11.6 Å². The smallest absolute Gasteiger partial charge is 0.270 e. The van der Waals surface area contributed by atoms with E-state index in [-0.39, 0.29) is 5.91 Å². The molecule has 0 aliphatic heterocycles. The van der Waals surface area contributed by atoms with Gasteiger partial charge >= 0.3 is 0 Å². The Morgan fingerprint density at radius 2 is 2.10 bits per heavy atom. The number of nitrogens with one attached hydrogen (secondary N) is 2. The van der Waals surface area contributed by atoms with Crippen LogP contribution in [0.3, 0.4) is 0 Å². The number of rotatable bonds is 5. The molecule has 0 unspecified atom stereocenters. The Kier molecular flexibility index (Phi) is 4.06. The Hall–Kier alpha value is -2.07. The number of hydrogen-bond acceptors (Lipinski definition) is 3. The Balaban J connectivity index is 1.65. The summed E-state index contributed by atoms with van der Waals surface area (Å²) in [6, 6.07) is 11.6. The number of carbonyl (C=O) groups excluding carboxylic acids is 1. The van der Waals surface area contributed by atoms with E-state index in [9.17, 15) is 4.79 Å². The zero-order valence-electron chi connectivity index (χ0n) is 11.5. The Morgan fingerprint density at radius 1 is 1.29 bits per heavy atom. The number of hydrogen-bond donors (Lipinski definition) is 2. The lowest BCUT2D eigenvalue weighted by molar-refractivity contribution is 0.0946. The summed E-state index contributed by atoms with van der Waals surface area (Å²) >= 11 is 6.12. The van der Waals surface area contributed by atoms with Crippen molar-refractivity contribution in [2.24, 2.45) is 0 Å². The third-order valence-electron chi connectivity index (χ3n) is 3.35. The van der Waals surface area contributed by atoms with Crippen molar-refractivity contribution in [1.29, 1.82) is 0 Å². The standard InChI is InChI=1S/C16H16ClN3O/c17-14-4-2-1-3-11(14)10-19-13-7-8-18-15(9-13)16(21)20-12-5-6-12/h1-4,7-9,12H,5-6,10H2,(H,18,19)(H,20,21). The molecule has 0 saturated heterocycles. The van der Waals surface area contributed by atoms with Gasteiger partial charge in [0.2, 0.25) is 0 Å². The minimum absolute atomic E-state index is 0.112. The fourth-order valence-electron chi connectivity index (χ4n) is 1.99. The molecule has 0 spiro atoms. The first-order chi connectivity index (χ1) is 10.2. The molecule has 2 aromatic rings. The summed E-state index contributed by atoms with van der Waals surface area (Å²) in [6.07, 6.45) is 3.77. The summed E-state index contributed by atoms with van der Waals surface area (Å²) in [5.41, 5.74) is 2.30. The average molecular weight is 302 g/mol. The molecule has 1 heterocycles. The Labute approximate surface area is 128 Å². The normalized spacial score (nSPS) is 13.8. The van der Waals surface area contributed by atoms with Gasteiger partial charge in [-0.2, -0.15) is 0 Å². The number of benzene rings is 1. The van der Waals surface area contributed by atoms with E-state index in [1.807, 2.05) is 30.3 Å². The van der Waals surface area contributed by atoms with E-state index < -0.39 is 0 Å². The maximum atomic E-state index is 12.0. The highest BCUT2D eigenvalue weighted by atomic mass is 35.5. The van der Waals surface area contributed by atoms with Gasteiger partial charge in [-0.05, 0) is 36.6 Å². The van der Waals surface area contributed by atoms with Crippen LogP contribution in [0.1, 0.15) is 28.9 Å². The fraction of sp³-hybridized carbons (Fsp3) is 0.250. The number of nitrogens with zero attached hydrogens (tertiary/aromatic N) is 1. The molecule has 0 atom stereocenters. The lowest BCUT2D eigenvalue weighted by Crippen LogP contribution is -2.26. The van der Waals surface area contributed by atoms with Gasteiger partial charge in [0.25, 0.3) is 5.91 Å². The molecule has 1 amide bonds. The molecule has 21 heavy (non-hydrogen) atoms. The predicted octanol–water partition coefficient (Wildman–Crippen LogP) is 3.24. The third-order valence-corrected chi connectivity index (χ3v) is 3.71. The molecule has 3 rings (SSSR count). The number of amides is 1. The second-order valence-electron chi connectivity index (χ2n) is 5.12. The monoisotopic (exact) mass is 301 g/mol. The van der Waals surface area contributed by atoms with Crippen LogP contribution >= 0.6 is 11.6 Å². The first-order valence-electron chi connectivity index (χ1n) is 6.96. The topological polar surface area (TPSA) is 54.0 Å². The minimum atomic E-state index is -0.112. The number of carbonyl (C=O) groups is 1. The molecule has 5 heteroatoms. The summed E-state index contributed by atoms with van der Waals surface area (Å²) in [7, 11) is 0. The van der Waals surface area contributed by atoms with Crippen LogP contribution in [-0.2, 0) is 6.54 Å². The second-order valence-corrected chi connectivity index (χ2v) is 5.53. The predicted molar refractivity (Wildman–Crippen MR) is 83.5 cm³/mol. The van der Waals surface area contributed by atoms with Crippen LogP contribution in [0.2, 0.25) is 5.02 Å². The Morgan fingerprint density at radius 3 is 2.86 bits per heavy atom. The summed E-state index contributed by atoms with van der Waals surface area (Å²) in [5, 5.41) is 6.92. The Bertz CT molecular complexity index is 655. The van der Waals surface area contributed by atoms with E-state index in [0.717, 1.165) is 29.1 Å². The van der Waals surface area contributed by atoms with Crippen molar-refractivity contribution in [3.63, 3.8) is 0 Å². The van der Waals surface area contributed by atoms with Crippen LogP contribution in [0.25, 0.3) is 0 Å². The van der Waals surface area contributed by atoms with Gasteiger partial charge in [0.15, 0.2) is 0 Å². The zero-order valence-corrected chi connectivity index (χ0v) is 12.2. The van der Waals surface area contributed by atoms with Gasteiger partial charge in [-0.15, -0.1) is 0 Å². The van der Waals surface area contributed by atoms with Crippen molar-refractivity contribution in [3.05, 3.63) is 58.9 Å². The van der Waals surface area contributed by atoms with Gasteiger partial charge in [0.1, 0.15) is 5.69 Å². The number of halogens is 1. The van der Waals surface area contributed by atoms with E-state index >= 15 is 0 Å². The second kappa shape index (κ2) is 6.14. The van der Waals surface area contributed by atoms with Gasteiger partial charge in [-0.25, -0.2) is 0 Å². The molecular formula is C16H16ClN3O. The molecule has 1 fully saturated rings. The van der Waals surface area contributed by atoms with Crippen molar-refractivity contribution in [2.45, 2.75) is 25.4 Å². The van der Waals surface area contributed by atoms with Crippen LogP contribution in [0.4, 0.5) is 5.69 Å². The van der Waals surface area contributed by atoms with Gasteiger partial charge in [-0.3, -0.25) is 9.78 Å². The van der Waals surface area contributed by atoms with Crippen LogP contribution < -0.4 is 10.6 Å². The lowest BCUT2D eigenvalue weighted by atomic mass is 10.2. The van der Waals surface area contributed by atoms with Crippen LogP contribution in [-0.4, -0.2) is 16.9 Å². The van der Waals surface area contributed by atoms with Gasteiger partial charge < -0.3 is 10.6 Å². The van der Waals surface area contributed by atoms with Crippen molar-refractivity contribution in [3.8, 4) is 0 Å². The molecule has 1 aliphatic carbocycles. The van der Waals surface area contributed by atoms with Gasteiger partial charge in [-0.1, -0.05) is 29.8 Å². The molecule has 0 radical (unpaired) electrons. The third kappa shape index (κ3) is 3.73. The highest BCUT2D eigenvalue weighted by molar-refractivity contribution is 6.31. The molecule has 1 aromatic heterocycles. The minimum Gasteiger partial charge on any atom is -0.381 e. The lowest BCUT2D eigenvalue weighted by Gasteiger charge is -2.09. The number of aromatic nitrogens is 1. The quantitative estimate of drug-likeness (QED) is 0.891. The molecule has 1 saturated carbocycles. The summed E-state index contributed by atoms with van der Waals surface area (Å²) in [4.78, 5) is 16.1. The van der Waals surface area contributed by atoms with E-state index in [0.29, 0.717) is 18.3 Å². The van der Waals surface area contributed by atoms with Gasteiger partial charge in [0.05, 0.1) is 0 Å². The number of pyridine rings is 1. The van der Waals surface area contributed by atoms with Crippen LogP contribution in [0.15, 0.2) is 42.6 Å². The molecule has 108 valence electrons. The molecule has 2 N–H and O–H groups in total. The highest BCUT2D eigenvalue weighted by Crippen LogP contribution is 2.20. The van der Waals surface area contributed by atoms with Crippen LogP contribution in [0, 0.1) is 0 Å². The SMILES string of the molecule is O=C(NC1CC1)c1cc(NCc2ccccc2Cl)ccn1. The summed E-state index contributed by atoms with van der Waals surface area (Å²) < 4.78 is 0. The largest absolute Gasteiger partial charge is 0.381 e. The van der Waals surface area contributed by atoms with Crippen molar-refractivity contribution in [2.75, 3.05) is 5.32 Å². The first-order valence-corrected chi connectivity index (χ1v) is 7.34. The maximum absolute atomic E-state index is 12.0. The van der Waals surface area contributed by atoms with Crippen molar-refractivity contribution >= 4 is 23.2 Å². The van der Waals surface area contributed by atoms with Crippen LogP contribution in [0.5, 0.6) is 0 Å². The molecular weight excluding hydrogens is 286 g/mol. The number of anilines is 1. The fourth-order valence-corrected chi connectivity index (χ4v) is 2.19. The molecule has 0 bridgehead atoms. The summed E-state index contributed by atoms with van der Waals surface area (Å²) in [6.45, 7) is 0.605. The highest BCUT2D eigenvalue weighted by Gasteiger charge is 2.24. The van der Waals surface area contributed by atoms with Crippen molar-refractivity contribution < 1.29 is 4.79 Å². The van der Waals surface area contributed by atoms with E-state index in [1.54, 1.807) is 12.3 Å². The van der Waals surface area contributed by atoms with Crippen molar-refractivity contribution in [1.82, 2.24) is 10.3 Å². The average Bonchev–Trinajstić information content (AvgIpc) is 3.31. The maximum Gasteiger partial charge on any atom is 0.270 e. The van der Waals surface area contributed by atoms with E-state index in [2.05, 4.69) is 15.6 Å². The summed E-state index contributed by atoms with van der Waals surface area (Å²) in [5.74, 6) is -0.112. The van der Waals surface area contributed by atoms with Gasteiger partial charge in [0, 0.05) is 29.5 Å².